The average molecular weight is 408 g/mol. The summed E-state index contributed by atoms with van der Waals surface area (Å²) in [5.74, 6) is 0.539. The van der Waals surface area contributed by atoms with Crippen molar-refractivity contribution in [2.75, 3.05) is 0 Å². The van der Waals surface area contributed by atoms with Gasteiger partial charge in [0.05, 0.1) is 35.2 Å². The topological polar surface area (TPSA) is 60.2 Å². The number of benzene rings is 1. The molecule has 2 aromatic rings. The molecule has 5 nitrogen and oxygen atoms in total. The van der Waals surface area contributed by atoms with Crippen LogP contribution in [0.15, 0.2) is 21.4 Å². The molecule has 0 bridgehead atoms. The van der Waals surface area contributed by atoms with Crippen LogP contribution in [0.3, 0.4) is 0 Å². The number of aromatic nitrogens is 1. The summed E-state index contributed by atoms with van der Waals surface area (Å²) in [4.78, 5) is 4.68. The minimum absolute atomic E-state index is 0.153. The summed E-state index contributed by atoms with van der Waals surface area (Å²) in [7, 11) is -3.57. The predicted molar refractivity (Wildman–Crippen MR) is 103 cm³/mol. The summed E-state index contributed by atoms with van der Waals surface area (Å²) in [6.07, 6.45) is 3.95. The fourth-order valence-electron chi connectivity index (χ4n) is 6.43. The quantitative estimate of drug-likeness (QED) is 0.560. The molecule has 1 aromatic heterocycles. The molecule has 0 radical (unpaired) electrons. The van der Waals surface area contributed by atoms with Gasteiger partial charge in [-0.25, -0.2) is 13.4 Å². The third-order valence-electron chi connectivity index (χ3n) is 7.69. The van der Waals surface area contributed by atoms with Crippen molar-refractivity contribution in [2.45, 2.75) is 86.2 Å². The second-order valence-electron chi connectivity index (χ2n) is 9.94. The zero-order valence-electron chi connectivity index (χ0n) is 15.8. The maximum absolute atomic E-state index is 13.7. The van der Waals surface area contributed by atoms with Crippen LogP contribution < -0.4 is 0 Å². The number of quaternary nitrogens is 1. The highest BCUT2D eigenvalue weighted by Crippen LogP contribution is 2.71. The van der Waals surface area contributed by atoms with E-state index < -0.39 is 9.84 Å². The minimum atomic E-state index is -3.57. The van der Waals surface area contributed by atoms with E-state index in [4.69, 9.17) is 16.0 Å². The van der Waals surface area contributed by atoms with Crippen molar-refractivity contribution in [3.63, 3.8) is 0 Å². The Morgan fingerprint density at radius 1 is 1.11 bits per heavy atom. The van der Waals surface area contributed by atoms with Crippen molar-refractivity contribution in [3.8, 4) is 0 Å². The van der Waals surface area contributed by atoms with E-state index in [2.05, 4.69) is 4.98 Å². The van der Waals surface area contributed by atoms with Gasteiger partial charge in [-0.05, 0) is 12.1 Å². The van der Waals surface area contributed by atoms with Gasteiger partial charge in [0.15, 0.2) is 15.4 Å². The molecule has 5 heterocycles. The molecule has 144 valence electrons. The van der Waals surface area contributed by atoms with Crippen LogP contribution >= 0.6 is 11.6 Å². The SMILES string of the molecule is CC(C)(C)c1nc2ccc(Cl)c(S(=O)(=O)C3CC4CC5C6CC(C3)[N+]456)c2o1. The summed E-state index contributed by atoms with van der Waals surface area (Å²) < 4.78 is 34.6. The van der Waals surface area contributed by atoms with E-state index in [1.807, 2.05) is 20.8 Å². The summed E-state index contributed by atoms with van der Waals surface area (Å²) in [6.45, 7) is 6.00. The van der Waals surface area contributed by atoms with Crippen LogP contribution in [0.5, 0.6) is 0 Å². The molecule has 0 N–H and O–H groups in total. The molecule has 6 rings (SSSR count). The molecule has 1 spiro atoms. The first-order chi connectivity index (χ1) is 12.6. The second kappa shape index (κ2) is 4.71. The molecule has 0 amide bonds. The summed E-state index contributed by atoms with van der Waals surface area (Å²) in [6, 6.07) is 6.21. The minimum Gasteiger partial charge on any atom is -0.439 e. The zero-order valence-corrected chi connectivity index (χ0v) is 17.3. The number of nitrogens with zero attached hydrogens (tertiary/aromatic N) is 2. The van der Waals surface area contributed by atoms with Crippen LogP contribution in [0.4, 0.5) is 0 Å². The fourth-order valence-corrected chi connectivity index (χ4v) is 8.93. The van der Waals surface area contributed by atoms with E-state index in [1.54, 1.807) is 12.1 Å². The predicted octanol–water partition coefficient (Wildman–Crippen LogP) is 3.83. The van der Waals surface area contributed by atoms with Gasteiger partial charge in [0, 0.05) is 18.3 Å². The van der Waals surface area contributed by atoms with Gasteiger partial charge in [-0.3, -0.25) is 0 Å². The number of halogens is 1. The third-order valence-corrected chi connectivity index (χ3v) is 10.4. The lowest BCUT2D eigenvalue weighted by molar-refractivity contribution is -0.946. The normalized spacial score (nSPS) is 39.3. The highest BCUT2D eigenvalue weighted by atomic mass is 35.5. The van der Waals surface area contributed by atoms with Gasteiger partial charge in [-0.1, -0.05) is 32.4 Å². The number of piperidine rings is 1. The largest absolute Gasteiger partial charge is 0.439 e. The van der Waals surface area contributed by atoms with E-state index in [0.29, 0.717) is 29.1 Å². The van der Waals surface area contributed by atoms with Crippen LogP contribution in [0.25, 0.3) is 11.1 Å². The summed E-state index contributed by atoms with van der Waals surface area (Å²) >= 11 is 6.42. The molecule has 4 aliphatic heterocycles. The van der Waals surface area contributed by atoms with Gasteiger partial charge in [0.1, 0.15) is 22.5 Å². The highest BCUT2D eigenvalue weighted by Gasteiger charge is 2.88. The van der Waals surface area contributed by atoms with Gasteiger partial charge in [0.25, 0.3) is 0 Å². The van der Waals surface area contributed by atoms with Crippen LogP contribution in [-0.2, 0) is 15.3 Å². The van der Waals surface area contributed by atoms with E-state index in [-0.39, 0.29) is 20.6 Å². The van der Waals surface area contributed by atoms with Crippen LogP contribution in [0.2, 0.25) is 5.02 Å². The summed E-state index contributed by atoms with van der Waals surface area (Å²) in [5.41, 5.74) is 0.599. The Morgan fingerprint density at radius 2 is 1.74 bits per heavy atom. The molecule has 4 atom stereocenters. The molecule has 0 aliphatic carbocycles. The molecule has 4 aliphatic rings. The van der Waals surface area contributed by atoms with E-state index in [1.165, 1.54) is 17.3 Å². The Morgan fingerprint density at radius 3 is 2.30 bits per heavy atom. The standard InChI is InChI=1S/C20H24ClN2O3S/c1-20(2,3)19-22-14-5-4-13(21)18(17(14)26-19)27(24,25)12-6-10-8-15-16-9-11(7-12)23(10,15)16/h4-5,10-12,15-16H,6-9H2,1-3H3/q+1. The van der Waals surface area contributed by atoms with Crippen LogP contribution in [0, 0.1) is 0 Å². The maximum Gasteiger partial charge on any atom is 0.200 e. The molecule has 0 saturated carbocycles. The van der Waals surface area contributed by atoms with Crippen molar-refractivity contribution in [3.05, 3.63) is 23.0 Å². The molecule has 7 heteroatoms. The van der Waals surface area contributed by atoms with Gasteiger partial charge in [0.2, 0.25) is 5.89 Å². The third kappa shape index (κ3) is 1.85. The molecular weight excluding hydrogens is 384 g/mol. The van der Waals surface area contributed by atoms with Crippen molar-refractivity contribution in [1.29, 1.82) is 0 Å². The van der Waals surface area contributed by atoms with Crippen molar-refractivity contribution in [2.24, 2.45) is 0 Å². The zero-order chi connectivity index (χ0) is 18.9. The Kier molecular flexibility index (Phi) is 2.94. The van der Waals surface area contributed by atoms with Crippen molar-refractivity contribution in [1.82, 2.24) is 4.98 Å². The highest BCUT2D eigenvalue weighted by molar-refractivity contribution is 7.92. The fraction of sp³-hybridized carbons (Fsp3) is 0.650. The van der Waals surface area contributed by atoms with E-state index in [9.17, 15) is 8.42 Å². The first kappa shape index (κ1) is 16.8. The Labute approximate surface area is 164 Å². The van der Waals surface area contributed by atoms with E-state index in [0.717, 1.165) is 24.9 Å². The number of rotatable bonds is 2. The van der Waals surface area contributed by atoms with Crippen molar-refractivity contribution >= 4 is 32.5 Å². The smallest absolute Gasteiger partial charge is 0.200 e. The lowest BCUT2D eigenvalue weighted by Crippen LogP contribution is -2.66. The first-order valence-electron chi connectivity index (χ1n) is 9.86. The van der Waals surface area contributed by atoms with Crippen LogP contribution in [-0.4, -0.2) is 47.3 Å². The Hall–Kier alpha value is -1.11. The number of sulfone groups is 1. The van der Waals surface area contributed by atoms with Crippen molar-refractivity contribution < 1.29 is 17.3 Å². The average Bonchev–Trinajstić information content (AvgIpc) is 2.91. The molecule has 1 aromatic carbocycles. The molecule has 4 unspecified atom stereocenters. The maximum atomic E-state index is 13.7. The molecule has 27 heavy (non-hydrogen) atoms. The number of hydrogen-bond acceptors (Lipinski definition) is 4. The molecule has 4 fully saturated rings. The number of hydrogen-bond donors (Lipinski definition) is 0. The van der Waals surface area contributed by atoms with Crippen LogP contribution in [0.1, 0.15) is 52.3 Å². The Bertz CT molecular complexity index is 1080. The van der Waals surface area contributed by atoms with E-state index >= 15 is 0 Å². The lowest BCUT2D eigenvalue weighted by atomic mass is 9.85. The van der Waals surface area contributed by atoms with Gasteiger partial charge < -0.3 is 8.90 Å². The first-order valence-corrected chi connectivity index (χ1v) is 11.8. The Balaban J connectivity index is 1.44. The summed E-state index contributed by atoms with van der Waals surface area (Å²) in [5, 5.41) is -0.108. The molecule has 4 saturated heterocycles. The monoisotopic (exact) mass is 407 g/mol. The second-order valence-corrected chi connectivity index (χ2v) is 12.5. The number of oxazole rings is 1. The van der Waals surface area contributed by atoms with Gasteiger partial charge >= 0.3 is 0 Å². The lowest BCUT2D eigenvalue weighted by Gasteiger charge is -2.52. The van der Waals surface area contributed by atoms with Gasteiger partial charge in [-0.15, -0.1) is 0 Å². The number of fused-ring (bicyclic) bond motifs is 2. The van der Waals surface area contributed by atoms with Gasteiger partial charge in [-0.2, -0.15) is 0 Å². The molecular formula is C20H24ClN2O3S+.